The Kier molecular flexibility index (Phi) is 6.43. The fraction of sp³-hybridized carbons (Fsp3) is 0.182. The summed E-state index contributed by atoms with van der Waals surface area (Å²) in [6.45, 7) is 2.73. The van der Waals surface area contributed by atoms with Crippen LogP contribution in [0.2, 0.25) is 5.02 Å². The lowest BCUT2D eigenvalue weighted by atomic mass is 10.1. The minimum absolute atomic E-state index is 0.0462. The minimum Gasteiger partial charge on any atom is -0.487 e. The molecule has 0 saturated carbocycles. The minimum atomic E-state index is -0.292. The Hall–Kier alpha value is -3.14. The van der Waals surface area contributed by atoms with Gasteiger partial charge in [-0.1, -0.05) is 66.2 Å². The Morgan fingerprint density at radius 1 is 1.07 bits per heavy atom. The largest absolute Gasteiger partial charge is 0.487 e. The highest BCUT2D eigenvalue weighted by Gasteiger charge is 2.13. The second-order valence-corrected chi connectivity index (χ2v) is 6.68. The first-order chi connectivity index (χ1) is 13.6. The number of aromatic nitrogens is 1. The van der Waals surface area contributed by atoms with E-state index in [9.17, 15) is 9.59 Å². The third kappa shape index (κ3) is 4.58. The number of hydrogen-bond acceptors (Lipinski definition) is 4. The van der Waals surface area contributed by atoms with Crippen LogP contribution in [0.5, 0.6) is 5.75 Å². The summed E-state index contributed by atoms with van der Waals surface area (Å²) in [5, 5.41) is 0.0462. The lowest BCUT2D eigenvalue weighted by Crippen LogP contribution is -2.24. The van der Waals surface area contributed by atoms with Crippen LogP contribution in [-0.4, -0.2) is 10.6 Å². The Labute approximate surface area is 167 Å². The van der Waals surface area contributed by atoms with E-state index in [1.54, 1.807) is 10.6 Å². The molecule has 0 fully saturated rings. The quantitative estimate of drug-likeness (QED) is 0.444. The summed E-state index contributed by atoms with van der Waals surface area (Å²) >= 11 is 6.30. The van der Waals surface area contributed by atoms with E-state index in [4.69, 9.17) is 16.3 Å². The molecule has 0 bridgehead atoms. The van der Waals surface area contributed by atoms with Crippen LogP contribution in [0.25, 0.3) is 0 Å². The molecule has 0 atom stereocenters. The van der Waals surface area contributed by atoms with Gasteiger partial charge in [0.15, 0.2) is 0 Å². The molecule has 0 aliphatic rings. The highest BCUT2D eigenvalue weighted by Crippen LogP contribution is 2.24. The second kappa shape index (κ2) is 9.18. The molecule has 3 rings (SSSR count). The van der Waals surface area contributed by atoms with Gasteiger partial charge in [0.25, 0.3) is 5.56 Å². The van der Waals surface area contributed by atoms with E-state index >= 15 is 0 Å². The molecular formula is C22H19ClN2O3. The van der Waals surface area contributed by atoms with Crippen molar-refractivity contribution in [2.75, 3.05) is 0 Å². The van der Waals surface area contributed by atoms with Gasteiger partial charge in [-0.3, -0.25) is 4.79 Å². The van der Waals surface area contributed by atoms with Crippen LogP contribution >= 0.6 is 11.6 Å². The Morgan fingerprint density at radius 3 is 2.46 bits per heavy atom. The molecule has 142 valence electrons. The molecule has 0 spiro atoms. The monoisotopic (exact) mass is 394 g/mol. The van der Waals surface area contributed by atoms with Crippen LogP contribution in [0.1, 0.15) is 22.4 Å². The molecule has 28 heavy (non-hydrogen) atoms. The highest BCUT2D eigenvalue weighted by molar-refractivity contribution is 6.31. The zero-order valence-electron chi connectivity index (χ0n) is 15.4. The van der Waals surface area contributed by atoms with Crippen LogP contribution in [0.4, 0.5) is 0 Å². The fourth-order valence-electron chi connectivity index (χ4n) is 2.91. The summed E-state index contributed by atoms with van der Waals surface area (Å²) in [7, 11) is 0. The number of carbonyl (C=O) groups excluding carboxylic acids is 1. The average molecular weight is 395 g/mol. The number of aliphatic imine (C=N–C) groups is 1. The van der Waals surface area contributed by atoms with Gasteiger partial charge < -0.3 is 9.30 Å². The van der Waals surface area contributed by atoms with Gasteiger partial charge in [0.1, 0.15) is 17.4 Å². The molecule has 0 aliphatic heterocycles. The number of nitrogens with zero attached hydrogens (tertiary/aromatic N) is 2. The first-order valence-electron chi connectivity index (χ1n) is 8.77. The van der Waals surface area contributed by atoms with Crippen molar-refractivity contribution in [3.63, 3.8) is 0 Å². The fourth-order valence-corrected chi connectivity index (χ4v) is 3.12. The van der Waals surface area contributed by atoms with Crippen molar-refractivity contribution in [2.45, 2.75) is 26.6 Å². The van der Waals surface area contributed by atoms with Crippen molar-refractivity contribution >= 4 is 17.7 Å². The summed E-state index contributed by atoms with van der Waals surface area (Å²) in [5.74, 6) is 0.335. The number of aryl methyl sites for hydroxylation is 1. The van der Waals surface area contributed by atoms with Crippen LogP contribution in [-0.2, 0) is 24.5 Å². The maximum Gasteiger partial charge on any atom is 0.273 e. The predicted molar refractivity (Wildman–Crippen MR) is 109 cm³/mol. The molecule has 0 N–H and O–H groups in total. The third-order valence-electron chi connectivity index (χ3n) is 4.41. The van der Waals surface area contributed by atoms with E-state index in [1.807, 2.05) is 61.5 Å². The highest BCUT2D eigenvalue weighted by atomic mass is 35.5. The summed E-state index contributed by atoms with van der Waals surface area (Å²) in [6.07, 6.45) is 1.54. The van der Waals surface area contributed by atoms with Gasteiger partial charge >= 0.3 is 0 Å². The van der Waals surface area contributed by atoms with E-state index in [0.29, 0.717) is 12.3 Å². The van der Waals surface area contributed by atoms with Gasteiger partial charge in [-0.15, -0.1) is 0 Å². The number of pyridine rings is 1. The van der Waals surface area contributed by atoms with Gasteiger partial charge in [-0.25, -0.2) is 9.79 Å². The van der Waals surface area contributed by atoms with E-state index in [2.05, 4.69) is 4.99 Å². The first-order valence-corrected chi connectivity index (χ1v) is 9.15. The molecule has 2 aromatic carbocycles. The van der Waals surface area contributed by atoms with Crippen molar-refractivity contribution in [3.8, 4) is 5.75 Å². The number of hydrogen-bond donors (Lipinski definition) is 0. The van der Waals surface area contributed by atoms with Gasteiger partial charge in [-0.2, -0.15) is 0 Å². The molecule has 1 aromatic heterocycles. The third-order valence-corrected chi connectivity index (χ3v) is 4.76. The SMILES string of the molecule is Cc1cc(OCc2ccccc2CN=C=O)c(Cl)c(=O)n1Cc1ccccc1. The van der Waals surface area contributed by atoms with E-state index < -0.39 is 0 Å². The van der Waals surface area contributed by atoms with Gasteiger partial charge in [0.05, 0.1) is 13.1 Å². The number of rotatable bonds is 7. The van der Waals surface area contributed by atoms with Crippen molar-refractivity contribution in [1.29, 1.82) is 0 Å². The van der Waals surface area contributed by atoms with Crippen LogP contribution in [0, 0.1) is 6.92 Å². The maximum absolute atomic E-state index is 12.7. The summed E-state index contributed by atoms with van der Waals surface area (Å²) in [5.41, 5.74) is 3.20. The van der Waals surface area contributed by atoms with Gasteiger partial charge in [-0.05, 0) is 23.6 Å². The molecule has 0 unspecified atom stereocenters. The standard InChI is InChI=1S/C22H19ClN2O3/c1-16-11-20(28-14-19-10-6-5-9-18(19)12-24-15-26)21(23)22(27)25(16)13-17-7-3-2-4-8-17/h2-11H,12-14H2,1H3. The Balaban J connectivity index is 1.83. The van der Waals surface area contributed by atoms with E-state index in [0.717, 1.165) is 22.4 Å². The lowest BCUT2D eigenvalue weighted by Gasteiger charge is -2.15. The van der Waals surface area contributed by atoms with Crippen molar-refractivity contribution in [1.82, 2.24) is 4.57 Å². The molecule has 0 saturated heterocycles. The Bertz CT molecular complexity index is 1070. The van der Waals surface area contributed by atoms with E-state index in [1.165, 1.54) is 6.08 Å². The van der Waals surface area contributed by atoms with Crippen molar-refractivity contribution in [3.05, 3.63) is 98.4 Å². The zero-order chi connectivity index (χ0) is 19.9. The number of benzene rings is 2. The number of ether oxygens (including phenoxy) is 1. The van der Waals surface area contributed by atoms with Crippen molar-refractivity contribution < 1.29 is 9.53 Å². The number of isocyanates is 1. The smallest absolute Gasteiger partial charge is 0.273 e. The second-order valence-electron chi connectivity index (χ2n) is 6.31. The molecule has 0 radical (unpaired) electrons. The van der Waals surface area contributed by atoms with Gasteiger partial charge in [0, 0.05) is 11.8 Å². The first kappa shape index (κ1) is 19.6. The summed E-state index contributed by atoms with van der Waals surface area (Å²) in [4.78, 5) is 26.7. The Morgan fingerprint density at radius 2 is 1.75 bits per heavy atom. The molecule has 0 aliphatic carbocycles. The average Bonchev–Trinajstić information content (AvgIpc) is 2.72. The van der Waals surface area contributed by atoms with Crippen LogP contribution < -0.4 is 10.3 Å². The van der Waals surface area contributed by atoms with Gasteiger partial charge in [0.2, 0.25) is 6.08 Å². The van der Waals surface area contributed by atoms with E-state index in [-0.39, 0.29) is 23.7 Å². The summed E-state index contributed by atoms with van der Waals surface area (Å²) < 4.78 is 7.45. The molecule has 1 heterocycles. The molecule has 0 amide bonds. The predicted octanol–water partition coefficient (Wildman–Crippen LogP) is 4.27. The summed E-state index contributed by atoms with van der Waals surface area (Å²) in [6, 6.07) is 19.0. The van der Waals surface area contributed by atoms with Crippen LogP contribution in [0.15, 0.2) is 70.5 Å². The lowest BCUT2D eigenvalue weighted by molar-refractivity contribution is 0.303. The molecular weight excluding hydrogens is 376 g/mol. The normalized spacial score (nSPS) is 10.4. The van der Waals surface area contributed by atoms with Crippen molar-refractivity contribution in [2.24, 2.45) is 4.99 Å². The number of halogens is 1. The molecule has 3 aromatic rings. The van der Waals surface area contributed by atoms with Crippen LogP contribution in [0.3, 0.4) is 0 Å². The zero-order valence-corrected chi connectivity index (χ0v) is 16.1. The maximum atomic E-state index is 12.7. The molecule has 6 heteroatoms. The molecule has 5 nitrogen and oxygen atoms in total. The topological polar surface area (TPSA) is 60.7 Å².